The van der Waals surface area contributed by atoms with Crippen molar-refractivity contribution in [2.24, 2.45) is 0 Å². The van der Waals surface area contributed by atoms with Crippen LogP contribution in [0.25, 0.3) is 0 Å². The highest BCUT2D eigenvalue weighted by Gasteiger charge is 2.42. The highest BCUT2D eigenvalue weighted by molar-refractivity contribution is 7.89. The lowest BCUT2D eigenvalue weighted by molar-refractivity contribution is 0.205. The van der Waals surface area contributed by atoms with Crippen LogP contribution in [-0.4, -0.2) is 37.9 Å². The van der Waals surface area contributed by atoms with Crippen molar-refractivity contribution in [1.29, 1.82) is 0 Å². The van der Waals surface area contributed by atoms with E-state index in [0.29, 0.717) is 24.7 Å². The molecule has 1 aliphatic rings. The van der Waals surface area contributed by atoms with Gasteiger partial charge in [0.25, 0.3) is 0 Å². The Morgan fingerprint density at radius 1 is 1.13 bits per heavy atom. The Balaban J connectivity index is 1.84. The van der Waals surface area contributed by atoms with E-state index in [2.05, 4.69) is 4.90 Å². The maximum atomic E-state index is 12.8. The first-order valence-electron chi connectivity index (χ1n) is 7.36. The molecule has 0 saturated carbocycles. The normalized spacial score (nSPS) is 19.0. The van der Waals surface area contributed by atoms with Gasteiger partial charge < -0.3 is 9.32 Å². The molecule has 1 aliphatic heterocycles. The first-order chi connectivity index (χ1) is 10.8. The molecule has 124 valence electrons. The SMILES string of the molecule is CC1(C)CN(c2ccc(Cl)cc2)CCN1S(=O)(=O)c1ccoc1. The summed E-state index contributed by atoms with van der Waals surface area (Å²) in [6.07, 6.45) is 2.65. The van der Waals surface area contributed by atoms with Gasteiger partial charge in [0, 0.05) is 35.9 Å². The van der Waals surface area contributed by atoms with Crippen LogP contribution in [0.2, 0.25) is 5.02 Å². The Morgan fingerprint density at radius 3 is 2.39 bits per heavy atom. The summed E-state index contributed by atoms with van der Waals surface area (Å²) in [5.74, 6) is 0. The van der Waals surface area contributed by atoms with Gasteiger partial charge in [-0.15, -0.1) is 0 Å². The molecule has 1 aromatic carbocycles. The average Bonchev–Trinajstić information content (AvgIpc) is 3.01. The maximum absolute atomic E-state index is 12.8. The van der Waals surface area contributed by atoms with Gasteiger partial charge in [-0.3, -0.25) is 0 Å². The number of piperazine rings is 1. The Labute approximate surface area is 141 Å². The monoisotopic (exact) mass is 354 g/mol. The molecule has 0 radical (unpaired) electrons. The van der Waals surface area contributed by atoms with Crippen molar-refractivity contribution in [3.05, 3.63) is 47.9 Å². The lowest BCUT2D eigenvalue weighted by Crippen LogP contribution is -2.61. The van der Waals surface area contributed by atoms with Crippen molar-refractivity contribution < 1.29 is 12.8 Å². The summed E-state index contributed by atoms with van der Waals surface area (Å²) in [6.45, 7) is 5.52. The summed E-state index contributed by atoms with van der Waals surface area (Å²) in [5.41, 5.74) is 0.511. The van der Waals surface area contributed by atoms with Crippen molar-refractivity contribution in [3.63, 3.8) is 0 Å². The topological polar surface area (TPSA) is 53.8 Å². The third-order valence-electron chi connectivity index (χ3n) is 4.10. The summed E-state index contributed by atoms with van der Waals surface area (Å²) in [6, 6.07) is 9.09. The van der Waals surface area contributed by atoms with Crippen LogP contribution in [0.3, 0.4) is 0 Å². The minimum absolute atomic E-state index is 0.200. The Morgan fingerprint density at radius 2 is 1.83 bits per heavy atom. The number of halogens is 1. The minimum Gasteiger partial charge on any atom is -0.471 e. The number of sulfonamides is 1. The van der Waals surface area contributed by atoms with Gasteiger partial charge in [0.15, 0.2) is 0 Å². The van der Waals surface area contributed by atoms with E-state index in [4.69, 9.17) is 16.0 Å². The molecular weight excluding hydrogens is 336 g/mol. The minimum atomic E-state index is -3.55. The number of benzene rings is 1. The van der Waals surface area contributed by atoms with E-state index < -0.39 is 15.6 Å². The zero-order valence-electron chi connectivity index (χ0n) is 13.1. The van der Waals surface area contributed by atoms with E-state index in [1.165, 1.54) is 18.6 Å². The molecule has 23 heavy (non-hydrogen) atoms. The van der Waals surface area contributed by atoms with Gasteiger partial charge in [-0.05, 0) is 44.2 Å². The molecule has 7 heteroatoms. The Kier molecular flexibility index (Phi) is 4.16. The highest BCUT2D eigenvalue weighted by atomic mass is 35.5. The third kappa shape index (κ3) is 3.11. The van der Waals surface area contributed by atoms with Crippen LogP contribution in [-0.2, 0) is 10.0 Å². The lowest BCUT2D eigenvalue weighted by Gasteiger charge is -2.46. The van der Waals surface area contributed by atoms with Crippen LogP contribution in [0, 0.1) is 0 Å². The van der Waals surface area contributed by atoms with Crippen molar-refractivity contribution in [2.75, 3.05) is 24.5 Å². The first kappa shape index (κ1) is 16.4. The predicted molar refractivity (Wildman–Crippen MR) is 90.3 cm³/mol. The Hall–Kier alpha value is -1.50. The number of hydrogen-bond donors (Lipinski definition) is 0. The predicted octanol–water partition coefficient (Wildman–Crippen LogP) is 3.22. The molecule has 3 rings (SSSR count). The van der Waals surface area contributed by atoms with Crippen molar-refractivity contribution in [1.82, 2.24) is 4.31 Å². The quantitative estimate of drug-likeness (QED) is 0.849. The summed E-state index contributed by atoms with van der Waals surface area (Å²) in [4.78, 5) is 2.38. The molecule has 0 unspecified atom stereocenters. The van der Waals surface area contributed by atoms with Gasteiger partial charge in [-0.25, -0.2) is 8.42 Å². The molecule has 0 atom stereocenters. The third-order valence-corrected chi connectivity index (χ3v) is 6.44. The second kappa shape index (κ2) is 5.85. The number of hydrogen-bond acceptors (Lipinski definition) is 4. The fraction of sp³-hybridized carbons (Fsp3) is 0.375. The maximum Gasteiger partial charge on any atom is 0.246 e. The van der Waals surface area contributed by atoms with Gasteiger partial charge in [0.05, 0.1) is 6.26 Å². The molecule has 1 aromatic heterocycles. The van der Waals surface area contributed by atoms with E-state index in [1.807, 2.05) is 38.1 Å². The smallest absolute Gasteiger partial charge is 0.246 e. The van der Waals surface area contributed by atoms with E-state index in [0.717, 1.165) is 5.69 Å². The molecule has 0 amide bonds. The zero-order chi connectivity index (χ0) is 16.7. The van der Waals surface area contributed by atoms with Crippen LogP contribution < -0.4 is 4.90 Å². The largest absolute Gasteiger partial charge is 0.471 e. The molecular formula is C16H19ClN2O3S. The first-order valence-corrected chi connectivity index (χ1v) is 9.18. The van der Waals surface area contributed by atoms with Gasteiger partial charge in [0.2, 0.25) is 10.0 Å². The van der Waals surface area contributed by atoms with Crippen molar-refractivity contribution in [2.45, 2.75) is 24.3 Å². The van der Waals surface area contributed by atoms with Gasteiger partial charge in [-0.1, -0.05) is 11.6 Å². The summed E-state index contributed by atoms with van der Waals surface area (Å²) >= 11 is 5.93. The number of rotatable bonds is 3. The number of nitrogens with zero attached hydrogens (tertiary/aromatic N) is 2. The van der Waals surface area contributed by atoms with Gasteiger partial charge in [-0.2, -0.15) is 4.31 Å². The number of anilines is 1. The van der Waals surface area contributed by atoms with Crippen LogP contribution in [0.5, 0.6) is 0 Å². The molecule has 2 heterocycles. The molecule has 0 spiro atoms. The molecule has 0 N–H and O–H groups in total. The fourth-order valence-corrected chi connectivity index (χ4v) is 4.80. The molecule has 0 bridgehead atoms. The van der Waals surface area contributed by atoms with Crippen LogP contribution in [0.4, 0.5) is 5.69 Å². The Bertz CT molecular complexity index is 770. The number of furan rings is 1. The van der Waals surface area contributed by atoms with Crippen LogP contribution in [0.15, 0.2) is 52.2 Å². The van der Waals surface area contributed by atoms with E-state index in [1.54, 1.807) is 4.31 Å². The van der Waals surface area contributed by atoms with Gasteiger partial charge >= 0.3 is 0 Å². The second-order valence-electron chi connectivity index (χ2n) is 6.25. The van der Waals surface area contributed by atoms with Crippen LogP contribution >= 0.6 is 11.6 Å². The molecule has 1 fully saturated rings. The second-order valence-corrected chi connectivity index (χ2v) is 8.55. The van der Waals surface area contributed by atoms with Crippen LogP contribution in [0.1, 0.15) is 13.8 Å². The molecule has 2 aromatic rings. The fourth-order valence-electron chi connectivity index (χ4n) is 2.98. The van der Waals surface area contributed by atoms with E-state index in [9.17, 15) is 8.42 Å². The molecule has 0 aliphatic carbocycles. The lowest BCUT2D eigenvalue weighted by atomic mass is 10.0. The standard InChI is InChI=1S/C16H19ClN2O3S/c1-16(2)12-18(14-5-3-13(17)4-6-14)8-9-19(16)23(20,21)15-7-10-22-11-15/h3-7,10-11H,8-9,12H2,1-2H3. The van der Waals surface area contributed by atoms with E-state index >= 15 is 0 Å². The van der Waals surface area contributed by atoms with Crippen molar-refractivity contribution >= 4 is 27.3 Å². The average molecular weight is 355 g/mol. The van der Waals surface area contributed by atoms with Crippen molar-refractivity contribution in [3.8, 4) is 0 Å². The summed E-state index contributed by atoms with van der Waals surface area (Å²) in [7, 11) is -3.55. The summed E-state index contributed by atoms with van der Waals surface area (Å²) in [5, 5.41) is 0.689. The van der Waals surface area contributed by atoms with Gasteiger partial charge in [0.1, 0.15) is 11.2 Å². The zero-order valence-corrected chi connectivity index (χ0v) is 14.6. The molecule has 5 nitrogen and oxygen atoms in total. The van der Waals surface area contributed by atoms with E-state index in [-0.39, 0.29) is 4.90 Å². The molecule has 1 saturated heterocycles. The summed E-state index contributed by atoms with van der Waals surface area (Å²) < 4.78 is 32.0. The highest BCUT2D eigenvalue weighted by Crippen LogP contribution is 2.31.